The van der Waals surface area contributed by atoms with Crippen LogP contribution in [0.5, 0.6) is 0 Å². The van der Waals surface area contributed by atoms with Crippen molar-refractivity contribution < 1.29 is 14.7 Å². The van der Waals surface area contributed by atoms with Crippen LogP contribution in [-0.4, -0.2) is 22.4 Å². The number of ketones is 2. The van der Waals surface area contributed by atoms with E-state index in [1.54, 1.807) is 72.8 Å². The fourth-order valence-electron chi connectivity index (χ4n) is 2.66. The molecule has 0 saturated heterocycles. The molecule has 0 aliphatic heterocycles. The summed E-state index contributed by atoms with van der Waals surface area (Å²) >= 11 is 0. The molecular formula is C22H19NO3. The third-order valence-corrected chi connectivity index (χ3v) is 4.11. The summed E-state index contributed by atoms with van der Waals surface area (Å²) in [5.74, 6) is -1.40. The van der Waals surface area contributed by atoms with E-state index in [4.69, 9.17) is 0 Å². The Morgan fingerprint density at radius 2 is 1.15 bits per heavy atom. The molecule has 0 fully saturated rings. The van der Waals surface area contributed by atoms with Crippen LogP contribution < -0.4 is 5.32 Å². The van der Waals surface area contributed by atoms with E-state index in [9.17, 15) is 14.7 Å². The molecule has 4 heteroatoms. The number of hydrogen-bond donors (Lipinski definition) is 2. The van der Waals surface area contributed by atoms with Gasteiger partial charge in [0.25, 0.3) is 5.72 Å². The zero-order valence-corrected chi connectivity index (χ0v) is 14.3. The molecule has 3 aromatic rings. The first-order chi connectivity index (χ1) is 12.5. The predicted octanol–water partition coefficient (Wildman–Crippen LogP) is 3.86. The Labute approximate surface area is 152 Å². The van der Waals surface area contributed by atoms with Gasteiger partial charge in [-0.2, -0.15) is 0 Å². The van der Waals surface area contributed by atoms with Crippen LogP contribution in [0, 0.1) is 6.92 Å². The first kappa shape index (κ1) is 17.6. The average molecular weight is 345 g/mol. The van der Waals surface area contributed by atoms with Crippen LogP contribution in [-0.2, 0) is 0 Å². The molecule has 2 N–H and O–H groups in total. The number of carbonyl (C=O) groups excluding carboxylic acids is 2. The Morgan fingerprint density at radius 1 is 0.731 bits per heavy atom. The standard InChI is InChI=1S/C22H19NO3/c1-16-12-14-19(15-13-16)23-22(26,20(24)17-8-4-2-5-9-17)21(25)18-10-6-3-7-11-18/h2-15,23,26H,1H3. The Morgan fingerprint density at radius 3 is 1.58 bits per heavy atom. The number of anilines is 1. The van der Waals surface area contributed by atoms with Gasteiger partial charge in [0.2, 0.25) is 11.6 Å². The van der Waals surface area contributed by atoms with E-state index in [0.29, 0.717) is 5.69 Å². The maximum absolute atomic E-state index is 13.0. The largest absolute Gasteiger partial charge is 0.358 e. The molecule has 0 atom stereocenters. The van der Waals surface area contributed by atoms with E-state index in [1.165, 1.54) is 0 Å². The summed E-state index contributed by atoms with van der Waals surface area (Å²) in [7, 11) is 0. The molecule has 0 aliphatic carbocycles. The molecule has 130 valence electrons. The summed E-state index contributed by atoms with van der Waals surface area (Å²) in [6.07, 6.45) is 0. The second-order valence-corrected chi connectivity index (χ2v) is 6.09. The highest BCUT2D eigenvalue weighted by atomic mass is 16.3. The maximum atomic E-state index is 13.0. The predicted molar refractivity (Wildman–Crippen MR) is 101 cm³/mol. The molecule has 0 saturated carbocycles. The second-order valence-electron chi connectivity index (χ2n) is 6.09. The summed E-state index contributed by atoms with van der Waals surface area (Å²) in [5.41, 5.74) is -0.398. The Kier molecular flexibility index (Phi) is 4.96. The van der Waals surface area contributed by atoms with Gasteiger partial charge in [0.15, 0.2) is 0 Å². The van der Waals surface area contributed by atoms with Crippen molar-refractivity contribution in [3.63, 3.8) is 0 Å². The van der Waals surface area contributed by atoms with Crippen molar-refractivity contribution in [2.24, 2.45) is 0 Å². The fourth-order valence-corrected chi connectivity index (χ4v) is 2.66. The minimum atomic E-state index is -2.40. The van der Waals surface area contributed by atoms with Gasteiger partial charge >= 0.3 is 0 Å². The van der Waals surface area contributed by atoms with Crippen LogP contribution >= 0.6 is 0 Å². The van der Waals surface area contributed by atoms with Crippen LogP contribution in [0.25, 0.3) is 0 Å². The van der Waals surface area contributed by atoms with Gasteiger partial charge in [0.1, 0.15) is 0 Å². The van der Waals surface area contributed by atoms with Crippen molar-refractivity contribution in [1.29, 1.82) is 0 Å². The Hall–Kier alpha value is -3.24. The summed E-state index contributed by atoms with van der Waals surface area (Å²) in [6.45, 7) is 1.93. The zero-order chi connectivity index (χ0) is 18.6. The summed E-state index contributed by atoms with van der Waals surface area (Å²) < 4.78 is 0. The van der Waals surface area contributed by atoms with E-state index in [2.05, 4.69) is 5.32 Å². The smallest absolute Gasteiger partial charge is 0.266 e. The quantitative estimate of drug-likeness (QED) is 0.404. The lowest BCUT2D eigenvalue weighted by molar-refractivity contribution is 0.0388. The van der Waals surface area contributed by atoms with E-state index in [1.807, 2.05) is 19.1 Å². The number of aliphatic hydroxyl groups is 1. The molecule has 3 rings (SSSR count). The van der Waals surface area contributed by atoms with Crippen LogP contribution in [0.1, 0.15) is 26.3 Å². The van der Waals surface area contributed by atoms with Crippen LogP contribution in [0.15, 0.2) is 84.9 Å². The zero-order valence-electron chi connectivity index (χ0n) is 14.3. The van der Waals surface area contributed by atoms with Gasteiger partial charge in [-0.1, -0.05) is 78.4 Å². The van der Waals surface area contributed by atoms with Gasteiger partial charge < -0.3 is 10.4 Å². The molecule has 0 radical (unpaired) electrons. The van der Waals surface area contributed by atoms with Crippen LogP contribution in [0.3, 0.4) is 0 Å². The number of carbonyl (C=O) groups is 2. The van der Waals surface area contributed by atoms with Crippen molar-refractivity contribution >= 4 is 17.3 Å². The fraction of sp³-hybridized carbons (Fsp3) is 0.0909. The summed E-state index contributed by atoms with van der Waals surface area (Å²) in [5, 5.41) is 13.9. The molecule has 0 bridgehead atoms. The summed E-state index contributed by atoms with van der Waals surface area (Å²) in [6, 6.07) is 23.7. The molecule has 0 aromatic heterocycles. The van der Waals surface area contributed by atoms with Crippen molar-refractivity contribution in [1.82, 2.24) is 0 Å². The molecule has 0 amide bonds. The molecular weight excluding hydrogens is 326 g/mol. The normalized spacial score (nSPS) is 11.0. The molecule has 0 heterocycles. The Balaban J connectivity index is 2.04. The van der Waals surface area contributed by atoms with E-state index in [-0.39, 0.29) is 11.1 Å². The molecule has 26 heavy (non-hydrogen) atoms. The minimum absolute atomic E-state index is 0.249. The van der Waals surface area contributed by atoms with Crippen molar-refractivity contribution in [3.05, 3.63) is 102 Å². The third-order valence-electron chi connectivity index (χ3n) is 4.11. The van der Waals surface area contributed by atoms with Gasteiger partial charge in [0.05, 0.1) is 0 Å². The number of rotatable bonds is 6. The monoisotopic (exact) mass is 345 g/mol. The molecule has 0 spiro atoms. The highest BCUT2D eigenvalue weighted by molar-refractivity contribution is 6.23. The third kappa shape index (κ3) is 3.55. The molecule has 0 aliphatic rings. The lowest BCUT2D eigenvalue weighted by atomic mass is 9.92. The van der Waals surface area contributed by atoms with E-state index in [0.717, 1.165) is 5.56 Å². The van der Waals surface area contributed by atoms with Gasteiger partial charge in [-0.3, -0.25) is 9.59 Å². The van der Waals surface area contributed by atoms with Gasteiger partial charge in [0, 0.05) is 16.8 Å². The highest BCUT2D eigenvalue weighted by Crippen LogP contribution is 2.23. The van der Waals surface area contributed by atoms with Gasteiger partial charge in [-0.25, -0.2) is 0 Å². The van der Waals surface area contributed by atoms with Crippen molar-refractivity contribution in [2.75, 3.05) is 5.32 Å². The van der Waals surface area contributed by atoms with Crippen LogP contribution in [0.2, 0.25) is 0 Å². The number of nitrogens with one attached hydrogen (secondary N) is 1. The van der Waals surface area contributed by atoms with E-state index < -0.39 is 17.3 Å². The SMILES string of the molecule is Cc1ccc(NC(O)(C(=O)c2ccccc2)C(=O)c2ccccc2)cc1. The molecule has 3 aromatic carbocycles. The minimum Gasteiger partial charge on any atom is -0.358 e. The lowest BCUT2D eigenvalue weighted by Gasteiger charge is -2.27. The lowest BCUT2D eigenvalue weighted by Crippen LogP contribution is -2.53. The van der Waals surface area contributed by atoms with E-state index >= 15 is 0 Å². The van der Waals surface area contributed by atoms with Gasteiger partial charge in [-0.15, -0.1) is 0 Å². The van der Waals surface area contributed by atoms with Crippen molar-refractivity contribution in [3.8, 4) is 0 Å². The highest BCUT2D eigenvalue weighted by Gasteiger charge is 2.44. The number of Topliss-reactive ketones (excluding diaryl/α,β-unsaturated/α-hetero) is 2. The van der Waals surface area contributed by atoms with Crippen molar-refractivity contribution in [2.45, 2.75) is 12.6 Å². The Bertz CT molecular complexity index is 852. The number of aryl methyl sites for hydroxylation is 1. The first-order valence-corrected chi connectivity index (χ1v) is 8.27. The topological polar surface area (TPSA) is 66.4 Å². The summed E-state index contributed by atoms with van der Waals surface area (Å²) in [4.78, 5) is 26.0. The van der Waals surface area contributed by atoms with Crippen LogP contribution in [0.4, 0.5) is 5.69 Å². The second kappa shape index (κ2) is 7.33. The first-order valence-electron chi connectivity index (χ1n) is 8.27. The number of hydrogen-bond acceptors (Lipinski definition) is 4. The number of benzene rings is 3. The maximum Gasteiger partial charge on any atom is 0.266 e. The van der Waals surface area contributed by atoms with Gasteiger partial charge in [-0.05, 0) is 19.1 Å². The molecule has 4 nitrogen and oxygen atoms in total. The molecule has 0 unspecified atom stereocenters. The average Bonchev–Trinajstić information content (AvgIpc) is 2.70.